The van der Waals surface area contributed by atoms with Gasteiger partial charge in [-0.3, -0.25) is 14.5 Å². The number of methoxy groups -OCH3 is 1. The van der Waals surface area contributed by atoms with Crippen molar-refractivity contribution < 1.29 is 23.5 Å². The third kappa shape index (κ3) is 4.08. The van der Waals surface area contributed by atoms with Crippen LogP contribution in [0.3, 0.4) is 0 Å². The lowest BCUT2D eigenvalue weighted by Crippen LogP contribution is -2.43. The lowest BCUT2D eigenvalue weighted by molar-refractivity contribution is -0.135. The number of aromatic amines is 1. The number of ether oxygens (including phenoxy) is 1. The van der Waals surface area contributed by atoms with Crippen molar-refractivity contribution in [2.24, 2.45) is 0 Å². The molecule has 1 aliphatic heterocycles. The van der Waals surface area contributed by atoms with Crippen LogP contribution in [-0.2, 0) is 15.1 Å². The molecular weight excluding hydrogens is 460 g/mol. The van der Waals surface area contributed by atoms with Gasteiger partial charge in [-0.2, -0.15) is 0 Å². The molecule has 2 atom stereocenters. The Hall–Kier alpha value is -4.53. The Morgan fingerprint density at radius 1 is 1.11 bits per heavy atom. The number of furan rings is 1. The van der Waals surface area contributed by atoms with Crippen LogP contribution in [0.1, 0.15) is 29.7 Å². The van der Waals surface area contributed by atoms with Crippen LogP contribution in [0.2, 0.25) is 0 Å². The predicted octanol–water partition coefficient (Wildman–Crippen LogP) is 3.48. The van der Waals surface area contributed by atoms with Gasteiger partial charge in [0.2, 0.25) is 5.91 Å². The summed E-state index contributed by atoms with van der Waals surface area (Å²) in [5.74, 6) is -0.115. The van der Waals surface area contributed by atoms with E-state index in [9.17, 15) is 14.4 Å². The molecule has 0 radical (unpaired) electrons. The Kier molecular flexibility index (Phi) is 5.97. The number of aromatic nitrogens is 1. The number of nitrogens with zero attached hydrogens (tertiary/aromatic N) is 1. The van der Waals surface area contributed by atoms with Gasteiger partial charge in [0.1, 0.15) is 18.1 Å². The monoisotopic (exact) mass is 486 g/mol. The lowest BCUT2D eigenvalue weighted by atomic mass is 9.90. The second-order valence-corrected chi connectivity index (χ2v) is 8.84. The Morgan fingerprint density at radius 3 is 2.61 bits per heavy atom. The predicted molar refractivity (Wildman–Crippen MR) is 132 cm³/mol. The summed E-state index contributed by atoms with van der Waals surface area (Å²) in [7, 11) is 1.61. The quantitative estimate of drug-likeness (QED) is 0.330. The minimum Gasteiger partial charge on any atom is -0.497 e. The van der Waals surface area contributed by atoms with Crippen molar-refractivity contribution >= 4 is 28.7 Å². The highest BCUT2D eigenvalue weighted by Gasteiger charge is 2.51. The highest BCUT2D eigenvalue weighted by Crippen LogP contribution is 2.32. The largest absolute Gasteiger partial charge is 0.497 e. The average Bonchev–Trinajstić information content (AvgIpc) is 3.62. The lowest BCUT2D eigenvalue weighted by Gasteiger charge is -2.20. The highest BCUT2D eigenvalue weighted by molar-refractivity contribution is 6.08. The number of imide groups is 1. The van der Waals surface area contributed by atoms with Crippen LogP contribution in [0, 0.1) is 0 Å². The Balaban J connectivity index is 1.34. The van der Waals surface area contributed by atoms with E-state index in [1.807, 2.05) is 54.7 Å². The van der Waals surface area contributed by atoms with Crippen molar-refractivity contribution in [1.82, 2.24) is 20.5 Å². The van der Waals surface area contributed by atoms with Crippen LogP contribution in [0.25, 0.3) is 10.9 Å². The number of hydrogen-bond acceptors (Lipinski definition) is 5. The van der Waals surface area contributed by atoms with Crippen LogP contribution in [0.15, 0.2) is 77.5 Å². The van der Waals surface area contributed by atoms with Gasteiger partial charge in [0.05, 0.1) is 13.4 Å². The Bertz CT molecular complexity index is 1410. The van der Waals surface area contributed by atoms with E-state index in [1.54, 1.807) is 26.2 Å². The number of urea groups is 1. The molecule has 3 N–H and O–H groups in total. The first-order chi connectivity index (χ1) is 17.4. The van der Waals surface area contributed by atoms with Crippen molar-refractivity contribution in [2.75, 3.05) is 20.2 Å². The molecule has 2 aromatic carbocycles. The minimum atomic E-state index is -1.35. The number of benzene rings is 2. The number of carbonyl (C=O) groups is 3. The number of fused-ring (bicyclic) bond motifs is 1. The molecule has 3 heterocycles. The van der Waals surface area contributed by atoms with Gasteiger partial charge in [0.15, 0.2) is 5.54 Å². The van der Waals surface area contributed by atoms with E-state index in [0.29, 0.717) is 5.76 Å². The van der Waals surface area contributed by atoms with Gasteiger partial charge >= 0.3 is 6.03 Å². The molecule has 2 aromatic heterocycles. The van der Waals surface area contributed by atoms with Gasteiger partial charge in [-0.15, -0.1) is 0 Å². The van der Waals surface area contributed by atoms with Gasteiger partial charge in [-0.05, 0) is 48.4 Å². The van der Waals surface area contributed by atoms with Gasteiger partial charge in [0, 0.05) is 29.6 Å². The molecule has 4 aromatic rings. The zero-order valence-corrected chi connectivity index (χ0v) is 19.9. The standard InChI is InChI=1S/C27H26N4O5/c1-27(23-8-5-13-36-23)25(33)31(26(34)30-27)16-24(32)29-14-20(17-9-11-18(35-2)12-10-17)21-15-28-22-7-4-3-6-19(21)22/h3-13,15,20,28H,14,16H2,1-2H3,(H,29,32)(H,30,34)/t20-,27+/m1/s1. The third-order valence-corrected chi connectivity index (χ3v) is 6.61. The molecule has 1 saturated heterocycles. The summed E-state index contributed by atoms with van der Waals surface area (Å²) in [6.07, 6.45) is 3.37. The summed E-state index contributed by atoms with van der Waals surface area (Å²) < 4.78 is 10.6. The summed E-state index contributed by atoms with van der Waals surface area (Å²) in [6, 6.07) is 18.2. The SMILES string of the molecule is COc1ccc([C@@H](CNC(=O)CN2C(=O)N[C@@](C)(c3ccco3)C2=O)c2c[nH]c3ccccc23)cc1. The maximum Gasteiger partial charge on any atom is 0.325 e. The number of amides is 4. The van der Waals surface area contributed by atoms with Crippen molar-refractivity contribution in [3.63, 3.8) is 0 Å². The molecule has 0 aliphatic carbocycles. The molecule has 0 saturated carbocycles. The fourth-order valence-electron chi connectivity index (χ4n) is 4.61. The summed E-state index contributed by atoms with van der Waals surface area (Å²) in [5, 5.41) is 6.59. The van der Waals surface area contributed by atoms with Gasteiger partial charge in [-0.1, -0.05) is 30.3 Å². The van der Waals surface area contributed by atoms with Crippen LogP contribution < -0.4 is 15.4 Å². The maximum absolute atomic E-state index is 13.0. The number of rotatable bonds is 8. The van der Waals surface area contributed by atoms with Crippen molar-refractivity contribution in [3.8, 4) is 5.75 Å². The van der Waals surface area contributed by atoms with Crippen LogP contribution >= 0.6 is 0 Å². The van der Waals surface area contributed by atoms with Crippen molar-refractivity contribution in [1.29, 1.82) is 0 Å². The van der Waals surface area contributed by atoms with Crippen molar-refractivity contribution in [2.45, 2.75) is 18.4 Å². The minimum absolute atomic E-state index is 0.174. The normalized spacial score (nSPS) is 18.3. The molecule has 5 rings (SSSR count). The van der Waals surface area contributed by atoms with Gasteiger partial charge in [0.25, 0.3) is 5.91 Å². The first-order valence-corrected chi connectivity index (χ1v) is 11.6. The fraction of sp³-hybridized carbons (Fsp3) is 0.222. The van der Waals surface area contributed by atoms with E-state index >= 15 is 0 Å². The number of carbonyl (C=O) groups excluding carboxylic acids is 3. The van der Waals surface area contributed by atoms with Gasteiger partial charge in [-0.25, -0.2) is 4.79 Å². The number of nitrogens with one attached hydrogen (secondary N) is 3. The second-order valence-electron chi connectivity index (χ2n) is 8.84. The molecule has 4 amide bonds. The number of hydrogen-bond donors (Lipinski definition) is 3. The summed E-state index contributed by atoms with van der Waals surface area (Å²) in [4.78, 5) is 42.7. The zero-order valence-electron chi connectivity index (χ0n) is 19.9. The van der Waals surface area contributed by atoms with E-state index in [-0.39, 0.29) is 12.5 Å². The molecule has 0 bridgehead atoms. The topological polar surface area (TPSA) is 117 Å². The molecule has 36 heavy (non-hydrogen) atoms. The van der Waals surface area contributed by atoms with E-state index < -0.39 is 29.9 Å². The first kappa shape index (κ1) is 23.2. The van der Waals surface area contributed by atoms with E-state index in [2.05, 4.69) is 15.6 Å². The zero-order chi connectivity index (χ0) is 25.3. The smallest absolute Gasteiger partial charge is 0.325 e. The molecule has 1 fully saturated rings. The van der Waals surface area contributed by atoms with E-state index in [4.69, 9.17) is 9.15 Å². The number of para-hydroxylation sites is 1. The fourth-order valence-corrected chi connectivity index (χ4v) is 4.61. The van der Waals surface area contributed by atoms with E-state index in [1.165, 1.54) is 6.26 Å². The second kappa shape index (κ2) is 9.26. The van der Waals surface area contributed by atoms with Crippen LogP contribution in [0.5, 0.6) is 5.75 Å². The Labute approximate surface area is 207 Å². The third-order valence-electron chi connectivity index (χ3n) is 6.61. The van der Waals surface area contributed by atoms with Crippen LogP contribution in [-0.4, -0.2) is 47.9 Å². The molecule has 9 nitrogen and oxygen atoms in total. The summed E-state index contributed by atoms with van der Waals surface area (Å²) in [6.45, 7) is 1.43. The van der Waals surface area contributed by atoms with Crippen molar-refractivity contribution in [3.05, 3.63) is 90.0 Å². The molecule has 9 heteroatoms. The first-order valence-electron chi connectivity index (χ1n) is 11.6. The maximum atomic E-state index is 13.0. The van der Waals surface area contributed by atoms with E-state index in [0.717, 1.165) is 32.7 Å². The Morgan fingerprint density at radius 2 is 1.89 bits per heavy atom. The molecule has 0 unspecified atom stereocenters. The molecule has 184 valence electrons. The van der Waals surface area contributed by atoms with Crippen LogP contribution in [0.4, 0.5) is 4.79 Å². The highest BCUT2D eigenvalue weighted by atomic mass is 16.5. The molecule has 1 aliphatic rings. The molecular formula is C27H26N4O5. The number of H-pyrrole nitrogens is 1. The van der Waals surface area contributed by atoms with Gasteiger partial charge < -0.3 is 24.8 Å². The summed E-state index contributed by atoms with van der Waals surface area (Å²) in [5.41, 5.74) is 1.66. The molecule has 0 spiro atoms. The average molecular weight is 487 g/mol. The summed E-state index contributed by atoms with van der Waals surface area (Å²) >= 11 is 0.